The number of fused-ring (bicyclic) bond motifs is 1. The van der Waals surface area contributed by atoms with E-state index in [1.54, 1.807) is 40.3 Å². The molecule has 1 aliphatic rings. The number of carbonyl (C=O) groups is 1. The molecule has 6 rings (SSSR count). The first-order chi connectivity index (χ1) is 18.9. The largest absolute Gasteiger partial charge is 0.377 e. The van der Waals surface area contributed by atoms with Crippen LogP contribution in [0.25, 0.3) is 28.0 Å². The van der Waals surface area contributed by atoms with Gasteiger partial charge in [0.05, 0.1) is 31.6 Å². The third-order valence-corrected chi connectivity index (χ3v) is 7.27. The topological polar surface area (TPSA) is 105 Å². The molecule has 39 heavy (non-hydrogen) atoms. The first kappa shape index (κ1) is 24.7. The summed E-state index contributed by atoms with van der Waals surface area (Å²) in [4.78, 5) is 26.3. The molecule has 0 spiro atoms. The quantitative estimate of drug-likeness (QED) is 0.366. The van der Waals surface area contributed by atoms with E-state index in [1.165, 1.54) is 0 Å². The number of benzene rings is 1. The summed E-state index contributed by atoms with van der Waals surface area (Å²) in [6, 6.07) is 11.9. The van der Waals surface area contributed by atoms with Gasteiger partial charge >= 0.3 is 0 Å². The second-order valence-electron chi connectivity index (χ2n) is 9.94. The predicted octanol–water partition coefficient (Wildman–Crippen LogP) is 4.32. The summed E-state index contributed by atoms with van der Waals surface area (Å²) < 4.78 is 7.47. The van der Waals surface area contributed by atoms with Crippen LogP contribution in [0.5, 0.6) is 0 Å². The highest BCUT2D eigenvalue weighted by Gasteiger charge is 2.24. The van der Waals surface area contributed by atoms with Gasteiger partial charge in [0.2, 0.25) is 0 Å². The Kier molecular flexibility index (Phi) is 6.32. The first-order valence-electron chi connectivity index (χ1n) is 12.9. The maximum atomic E-state index is 13.2. The molecule has 1 atom stereocenters. The number of nitrogens with zero attached hydrogens (tertiary/aromatic N) is 7. The van der Waals surface area contributed by atoms with Crippen LogP contribution in [0.4, 0.5) is 11.5 Å². The molecule has 1 amide bonds. The number of aromatic amines is 1. The SMILES string of the molecule is Cc1cc(-c2cc(N3CCOC[C@H]3C)nc3c2cnn3-c2ccn[nH]2)cc(C)c1N(C)C(=O)c1ccncc1. The highest BCUT2D eigenvalue weighted by atomic mass is 16.5. The number of nitrogens with one attached hydrogen (secondary N) is 1. The Morgan fingerprint density at radius 1 is 1.10 bits per heavy atom. The van der Waals surface area contributed by atoms with Crippen LogP contribution in [0.3, 0.4) is 0 Å². The zero-order valence-corrected chi connectivity index (χ0v) is 22.4. The third kappa shape index (κ3) is 4.42. The molecule has 1 aliphatic heterocycles. The van der Waals surface area contributed by atoms with Gasteiger partial charge in [-0.25, -0.2) is 4.98 Å². The van der Waals surface area contributed by atoms with Crippen LogP contribution in [0.15, 0.2) is 61.2 Å². The minimum Gasteiger partial charge on any atom is -0.377 e. The number of hydrogen-bond acceptors (Lipinski definition) is 7. The van der Waals surface area contributed by atoms with Gasteiger partial charge in [-0.3, -0.25) is 14.9 Å². The van der Waals surface area contributed by atoms with Gasteiger partial charge in [-0.2, -0.15) is 14.9 Å². The van der Waals surface area contributed by atoms with E-state index in [-0.39, 0.29) is 11.9 Å². The van der Waals surface area contributed by atoms with Crippen molar-refractivity contribution in [1.29, 1.82) is 0 Å². The third-order valence-electron chi connectivity index (χ3n) is 7.27. The number of morpholine rings is 1. The molecule has 5 aromatic rings. The lowest BCUT2D eigenvalue weighted by Gasteiger charge is -2.34. The summed E-state index contributed by atoms with van der Waals surface area (Å²) in [6.45, 7) is 8.30. The number of aromatic nitrogens is 6. The van der Waals surface area contributed by atoms with E-state index in [9.17, 15) is 4.79 Å². The molecule has 10 nitrogen and oxygen atoms in total. The van der Waals surface area contributed by atoms with E-state index >= 15 is 0 Å². The van der Waals surface area contributed by atoms with Crippen molar-refractivity contribution in [2.75, 3.05) is 36.6 Å². The van der Waals surface area contributed by atoms with Gasteiger partial charge < -0.3 is 14.5 Å². The molecule has 0 radical (unpaired) electrons. The molecule has 0 bridgehead atoms. The Morgan fingerprint density at radius 2 is 1.87 bits per heavy atom. The molecule has 0 saturated carbocycles. The number of amides is 1. The molecule has 10 heteroatoms. The van der Waals surface area contributed by atoms with Crippen molar-refractivity contribution in [1.82, 2.24) is 29.9 Å². The number of H-pyrrole nitrogens is 1. The number of carbonyl (C=O) groups excluding carboxylic acids is 1. The molecule has 4 aromatic heterocycles. The number of ether oxygens (including phenoxy) is 1. The molecular formula is C29H30N8O2. The highest BCUT2D eigenvalue weighted by molar-refractivity contribution is 6.07. The van der Waals surface area contributed by atoms with Crippen molar-refractivity contribution in [3.05, 3.63) is 77.9 Å². The first-order valence-corrected chi connectivity index (χ1v) is 12.9. The maximum absolute atomic E-state index is 13.2. The van der Waals surface area contributed by atoms with Gasteiger partial charge in [0.25, 0.3) is 5.91 Å². The maximum Gasteiger partial charge on any atom is 0.258 e. The van der Waals surface area contributed by atoms with Gasteiger partial charge in [0.1, 0.15) is 5.82 Å². The molecular weight excluding hydrogens is 492 g/mol. The smallest absolute Gasteiger partial charge is 0.258 e. The zero-order valence-electron chi connectivity index (χ0n) is 22.4. The summed E-state index contributed by atoms with van der Waals surface area (Å²) in [5, 5.41) is 12.7. The Bertz CT molecular complexity index is 1620. The van der Waals surface area contributed by atoms with Crippen LogP contribution < -0.4 is 9.80 Å². The standard InChI is InChI=1S/C29H30N8O2/c1-18-13-22(14-19(2)27(18)35(4)29(38)21-5-8-30-9-6-21)23-15-26(36-11-12-39-17-20(36)3)33-28-24(23)16-32-37(28)25-7-10-31-34-25/h5-10,13-16,20H,11-12,17H2,1-4H3,(H,31,34)/t20-/m1/s1. The average molecular weight is 523 g/mol. The highest BCUT2D eigenvalue weighted by Crippen LogP contribution is 2.37. The Morgan fingerprint density at radius 3 is 2.56 bits per heavy atom. The van der Waals surface area contributed by atoms with Crippen LogP contribution in [0.1, 0.15) is 28.4 Å². The molecule has 198 valence electrons. The molecule has 1 fully saturated rings. The van der Waals surface area contributed by atoms with E-state index in [2.05, 4.69) is 50.3 Å². The molecule has 5 heterocycles. The Balaban J connectivity index is 1.48. The monoisotopic (exact) mass is 522 g/mol. The minimum atomic E-state index is -0.0768. The van der Waals surface area contributed by atoms with Gasteiger partial charge in [-0.1, -0.05) is 0 Å². The van der Waals surface area contributed by atoms with E-state index < -0.39 is 0 Å². The van der Waals surface area contributed by atoms with Crippen LogP contribution in [0, 0.1) is 13.8 Å². The minimum absolute atomic E-state index is 0.0768. The van der Waals surface area contributed by atoms with Crippen molar-refractivity contribution >= 4 is 28.4 Å². The van der Waals surface area contributed by atoms with E-state index in [1.807, 2.05) is 33.2 Å². The van der Waals surface area contributed by atoms with Crippen molar-refractivity contribution < 1.29 is 9.53 Å². The fraction of sp³-hybridized carbons (Fsp3) is 0.276. The molecule has 1 N–H and O–H groups in total. The number of hydrogen-bond donors (Lipinski definition) is 1. The summed E-state index contributed by atoms with van der Waals surface area (Å²) in [7, 11) is 1.81. The van der Waals surface area contributed by atoms with Gasteiger partial charge in [-0.15, -0.1) is 0 Å². The molecule has 0 aliphatic carbocycles. The molecule has 1 aromatic carbocycles. The van der Waals surface area contributed by atoms with E-state index in [0.717, 1.165) is 57.2 Å². The lowest BCUT2D eigenvalue weighted by atomic mass is 9.96. The van der Waals surface area contributed by atoms with Crippen molar-refractivity contribution in [3.8, 4) is 16.9 Å². The van der Waals surface area contributed by atoms with Crippen molar-refractivity contribution in [2.45, 2.75) is 26.8 Å². The summed E-state index contributed by atoms with van der Waals surface area (Å²) in [5.41, 5.74) is 6.30. The van der Waals surface area contributed by atoms with Crippen LogP contribution in [-0.4, -0.2) is 68.7 Å². The summed E-state index contributed by atoms with van der Waals surface area (Å²) >= 11 is 0. The normalized spacial score (nSPS) is 15.6. The zero-order chi connectivity index (χ0) is 27.1. The average Bonchev–Trinajstić information content (AvgIpc) is 3.62. The van der Waals surface area contributed by atoms with Crippen molar-refractivity contribution in [3.63, 3.8) is 0 Å². The van der Waals surface area contributed by atoms with Crippen LogP contribution in [0.2, 0.25) is 0 Å². The second-order valence-corrected chi connectivity index (χ2v) is 9.94. The fourth-order valence-corrected chi connectivity index (χ4v) is 5.41. The molecule has 0 unspecified atom stereocenters. The van der Waals surface area contributed by atoms with Gasteiger partial charge in [0, 0.05) is 48.7 Å². The Labute approximate surface area is 226 Å². The summed E-state index contributed by atoms with van der Waals surface area (Å²) in [5.74, 6) is 1.54. The van der Waals surface area contributed by atoms with Crippen LogP contribution in [-0.2, 0) is 4.74 Å². The number of anilines is 2. The number of aryl methyl sites for hydroxylation is 2. The van der Waals surface area contributed by atoms with Crippen LogP contribution >= 0.6 is 0 Å². The Hall–Kier alpha value is -4.57. The number of pyridine rings is 2. The lowest BCUT2D eigenvalue weighted by molar-refractivity contribution is 0.0985. The van der Waals surface area contributed by atoms with E-state index in [0.29, 0.717) is 18.8 Å². The lowest BCUT2D eigenvalue weighted by Crippen LogP contribution is -2.44. The fourth-order valence-electron chi connectivity index (χ4n) is 5.41. The van der Waals surface area contributed by atoms with Crippen molar-refractivity contribution in [2.24, 2.45) is 0 Å². The number of rotatable bonds is 5. The summed E-state index contributed by atoms with van der Waals surface area (Å²) in [6.07, 6.45) is 6.82. The second kappa shape index (κ2) is 9.95. The molecule has 1 saturated heterocycles. The van der Waals surface area contributed by atoms with Gasteiger partial charge in [0.15, 0.2) is 11.5 Å². The van der Waals surface area contributed by atoms with E-state index in [4.69, 9.17) is 9.72 Å². The predicted molar refractivity (Wildman–Crippen MR) is 151 cm³/mol. The van der Waals surface area contributed by atoms with Gasteiger partial charge in [-0.05, 0) is 73.4 Å².